The van der Waals surface area contributed by atoms with Crippen LogP contribution in [0.4, 0.5) is 0 Å². The van der Waals surface area contributed by atoms with Crippen LogP contribution in [-0.2, 0) is 19.5 Å². The molecule has 0 aliphatic heterocycles. The molecule has 1 N–H and O–H groups in total. The molecule has 0 saturated heterocycles. The van der Waals surface area contributed by atoms with E-state index >= 15 is 0 Å². The van der Waals surface area contributed by atoms with Crippen molar-refractivity contribution in [3.05, 3.63) is 94.0 Å². The Bertz CT molecular complexity index is 727. The summed E-state index contributed by atoms with van der Waals surface area (Å²) in [6, 6.07) is 19.5. The van der Waals surface area contributed by atoms with Crippen LogP contribution in [0.5, 0.6) is 0 Å². The van der Waals surface area contributed by atoms with E-state index < -0.39 is 8.15 Å². The molecule has 0 heterocycles. The third-order valence-electron chi connectivity index (χ3n) is 5.38. The summed E-state index contributed by atoms with van der Waals surface area (Å²) in [4.78, 5) is 10.1. The first-order valence-corrected chi connectivity index (χ1v) is 10.3. The fraction of sp³-hybridized carbons (Fsp3) is 0.250. The number of hydrogen-bond acceptors (Lipinski definition) is 1. The molecular formula is C24H31Br2OPRu. The molecule has 0 amide bonds. The maximum Gasteiger partial charge on any atom is 0.0877 e. The van der Waals surface area contributed by atoms with Gasteiger partial charge in [-0.3, -0.25) is 0 Å². The van der Waals surface area contributed by atoms with Crippen LogP contribution in [0.1, 0.15) is 33.4 Å². The molecule has 3 aromatic carbocycles. The number of benzene rings is 3. The Morgan fingerprint density at radius 2 is 0.690 bits per heavy atom. The van der Waals surface area contributed by atoms with E-state index in [1.807, 2.05) is 60.7 Å². The minimum absolute atomic E-state index is 0. The molecule has 3 rings (SSSR count). The summed E-state index contributed by atoms with van der Waals surface area (Å²) in [5, 5.41) is 1.99. The van der Waals surface area contributed by atoms with Crippen molar-refractivity contribution < 1.29 is 24.4 Å². The molecule has 0 aliphatic carbocycles. The van der Waals surface area contributed by atoms with Gasteiger partial charge in [-0.1, -0.05) is 60.7 Å². The molecule has 0 spiro atoms. The second-order valence-electron chi connectivity index (χ2n) is 6.73. The van der Waals surface area contributed by atoms with Gasteiger partial charge in [0.2, 0.25) is 0 Å². The molecule has 0 bridgehead atoms. The van der Waals surface area contributed by atoms with Gasteiger partial charge in [0.1, 0.15) is 0 Å². The van der Waals surface area contributed by atoms with E-state index in [-0.39, 0.29) is 53.4 Å². The fourth-order valence-corrected chi connectivity index (χ4v) is 4.18. The summed E-state index contributed by atoms with van der Waals surface area (Å²) in [5.41, 5.74) is 8.73. The van der Waals surface area contributed by atoms with Crippen molar-refractivity contribution in [3.63, 3.8) is 0 Å². The molecule has 29 heavy (non-hydrogen) atoms. The van der Waals surface area contributed by atoms with E-state index in [1.54, 1.807) is 0 Å². The molecule has 0 fully saturated rings. The average Bonchev–Trinajstić information content (AvgIpc) is 2.70. The SMILES string of the molecule is Br.Br.Cc1c(C)c(C)c(C)c(C)c1C.OP(c1ccccc1)c1ccccc1.[Ru]. The summed E-state index contributed by atoms with van der Waals surface area (Å²) < 4.78 is 0. The quantitative estimate of drug-likeness (QED) is 0.247. The average molecular weight is 627 g/mol. The first-order chi connectivity index (χ1) is 12.3. The van der Waals surface area contributed by atoms with Crippen LogP contribution >= 0.6 is 42.1 Å². The first kappa shape index (κ1) is 30.8. The van der Waals surface area contributed by atoms with E-state index in [1.165, 1.54) is 33.4 Å². The molecular weight excluding hydrogens is 596 g/mol. The number of hydrogen-bond donors (Lipinski definition) is 1. The van der Waals surface area contributed by atoms with Gasteiger partial charge in [-0.2, -0.15) is 0 Å². The molecule has 0 atom stereocenters. The van der Waals surface area contributed by atoms with Gasteiger partial charge < -0.3 is 4.89 Å². The first-order valence-electron chi connectivity index (χ1n) is 8.97. The van der Waals surface area contributed by atoms with Crippen LogP contribution in [0.2, 0.25) is 0 Å². The van der Waals surface area contributed by atoms with Crippen molar-refractivity contribution in [1.29, 1.82) is 0 Å². The molecule has 3 aromatic rings. The summed E-state index contributed by atoms with van der Waals surface area (Å²) in [7, 11) is -1.17. The van der Waals surface area contributed by atoms with Gasteiger partial charge in [-0.25, -0.2) is 0 Å². The van der Waals surface area contributed by atoms with Crippen LogP contribution in [-0.4, -0.2) is 4.89 Å². The van der Waals surface area contributed by atoms with Crippen LogP contribution < -0.4 is 10.6 Å². The van der Waals surface area contributed by atoms with Crippen LogP contribution in [0, 0.1) is 41.5 Å². The van der Waals surface area contributed by atoms with Gasteiger partial charge in [0.05, 0.1) is 8.15 Å². The van der Waals surface area contributed by atoms with E-state index in [2.05, 4.69) is 41.5 Å². The van der Waals surface area contributed by atoms with Crippen LogP contribution in [0.3, 0.4) is 0 Å². The Labute approximate surface area is 211 Å². The van der Waals surface area contributed by atoms with Crippen molar-refractivity contribution in [2.75, 3.05) is 0 Å². The monoisotopic (exact) mass is 626 g/mol. The van der Waals surface area contributed by atoms with Gasteiger partial charge in [0.25, 0.3) is 0 Å². The predicted molar refractivity (Wildman–Crippen MR) is 137 cm³/mol. The molecule has 0 unspecified atom stereocenters. The maximum atomic E-state index is 10.1. The zero-order chi connectivity index (χ0) is 19.3. The fourth-order valence-electron chi connectivity index (χ4n) is 2.97. The second kappa shape index (κ2) is 14.6. The van der Waals surface area contributed by atoms with E-state index in [9.17, 15) is 4.89 Å². The largest absolute Gasteiger partial charge is 0.364 e. The van der Waals surface area contributed by atoms with Crippen LogP contribution in [0.15, 0.2) is 60.7 Å². The minimum atomic E-state index is -1.17. The summed E-state index contributed by atoms with van der Waals surface area (Å²) in [5.74, 6) is 0. The summed E-state index contributed by atoms with van der Waals surface area (Å²) in [6.07, 6.45) is 0. The third kappa shape index (κ3) is 8.00. The zero-order valence-corrected chi connectivity index (χ0v) is 23.9. The smallest absolute Gasteiger partial charge is 0.0877 e. The number of rotatable bonds is 2. The Hall–Kier alpha value is -0.367. The van der Waals surface area contributed by atoms with E-state index in [0.717, 1.165) is 10.6 Å². The zero-order valence-electron chi connectivity index (χ0n) is 17.8. The predicted octanol–water partition coefficient (Wildman–Crippen LogP) is 6.72. The number of halogens is 2. The molecule has 160 valence electrons. The normalized spacial score (nSPS) is 9.38. The molecule has 0 aromatic heterocycles. The Balaban J connectivity index is 0. The van der Waals surface area contributed by atoms with Gasteiger partial charge in [-0.05, 0) is 74.9 Å². The van der Waals surface area contributed by atoms with Crippen molar-refractivity contribution in [3.8, 4) is 0 Å². The Morgan fingerprint density at radius 1 is 0.483 bits per heavy atom. The van der Waals surface area contributed by atoms with Crippen molar-refractivity contribution >= 4 is 52.7 Å². The maximum absolute atomic E-state index is 10.1. The molecule has 0 aliphatic rings. The van der Waals surface area contributed by atoms with Gasteiger partial charge >= 0.3 is 0 Å². The Kier molecular flexibility index (Phi) is 15.5. The Morgan fingerprint density at radius 3 is 0.897 bits per heavy atom. The summed E-state index contributed by atoms with van der Waals surface area (Å²) in [6.45, 7) is 13.3. The molecule has 0 radical (unpaired) electrons. The van der Waals surface area contributed by atoms with Crippen molar-refractivity contribution in [2.45, 2.75) is 41.5 Å². The second-order valence-corrected chi connectivity index (χ2v) is 8.39. The van der Waals surface area contributed by atoms with E-state index in [0.29, 0.717) is 0 Å². The van der Waals surface area contributed by atoms with Crippen molar-refractivity contribution in [2.24, 2.45) is 0 Å². The standard InChI is InChI=1S/C12H11OP.C12H18.2BrH.Ru/c13-14(11-7-3-1-4-8-11)12-9-5-2-6-10-12;1-7-8(2)10(4)12(6)11(5)9(7)3;;;/h1-10,13H;1-6H3;2*1H;. The minimum Gasteiger partial charge on any atom is -0.364 e. The third-order valence-corrected chi connectivity index (χ3v) is 6.95. The van der Waals surface area contributed by atoms with Crippen molar-refractivity contribution in [1.82, 2.24) is 0 Å². The van der Waals surface area contributed by atoms with Gasteiger partial charge in [0, 0.05) is 30.1 Å². The van der Waals surface area contributed by atoms with Crippen LogP contribution in [0.25, 0.3) is 0 Å². The topological polar surface area (TPSA) is 20.2 Å². The molecule has 0 saturated carbocycles. The molecule has 1 nitrogen and oxygen atoms in total. The summed E-state index contributed by atoms with van der Waals surface area (Å²) >= 11 is 0. The van der Waals surface area contributed by atoms with Gasteiger partial charge in [-0.15, -0.1) is 34.0 Å². The molecule has 5 heteroatoms. The van der Waals surface area contributed by atoms with Gasteiger partial charge in [0.15, 0.2) is 0 Å². The van der Waals surface area contributed by atoms with E-state index in [4.69, 9.17) is 0 Å².